The van der Waals surface area contributed by atoms with E-state index < -0.39 is 24.5 Å². The Morgan fingerprint density at radius 3 is 2.37 bits per heavy atom. The molecule has 1 rings (SSSR count). The number of benzene rings is 1. The van der Waals surface area contributed by atoms with Crippen molar-refractivity contribution in [3.8, 4) is 11.5 Å². The van der Waals surface area contributed by atoms with Crippen molar-refractivity contribution in [2.24, 2.45) is 0 Å². The molecule has 0 aromatic heterocycles. The first-order valence-corrected chi connectivity index (χ1v) is 5.30. The van der Waals surface area contributed by atoms with Crippen molar-refractivity contribution in [2.75, 3.05) is 14.2 Å². The highest BCUT2D eigenvalue weighted by atomic mass is 19.4. The van der Waals surface area contributed by atoms with Gasteiger partial charge >= 0.3 is 12.1 Å². The van der Waals surface area contributed by atoms with Crippen LogP contribution in [0.5, 0.6) is 11.5 Å². The quantitative estimate of drug-likeness (QED) is 0.899. The van der Waals surface area contributed by atoms with Crippen LogP contribution in [0.3, 0.4) is 0 Å². The second kappa shape index (κ2) is 5.81. The molecule has 4 nitrogen and oxygen atoms in total. The van der Waals surface area contributed by atoms with Crippen molar-refractivity contribution < 1.29 is 32.5 Å². The fraction of sp³-hybridized carbons (Fsp3) is 0.417. The van der Waals surface area contributed by atoms with Gasteiger partial charge in [-0.25, -0.2) is 0 Å². The molecule has 106 valence electrons. The van der Waals surface area contributed by atoms with Crippen molar-refractivity contribution in [3.05, 3.63) is 23.8 Å². The third-order valence-electron chi connectivity index (χ3n) is 2.59. The number of carbonyl (C=O) groups is 1. The summed E-state index contributed by atoms with van der Waals surface area (Å²) in [5.41, 5.74) is -0.224. The summed E-state index contributed by atoms with van der Waals surface area (Å²) in [5.74, 6) is -3.37. The van der Waals surface area contributed by atoms with E-state index in [4.69, 9.17) is 14.6 Å². The number of halogens is 3. The van der Waals surface area contributed by atoms with E-state index in [1.807, 2.05) is 0 Å². The molecule has 7 heteroatoms. The summed E-state index contributed by atoms with van der Waals surface area (Å²) in [6.45, 7) is 0. The van der Waals surface area contributed by atoms with E-state index in [1.165, 1.54) is 32.4 Å². The maximum atomic E-state index is 12.9. The van der Waals surface area contributed by atoms with Crippen LogP contribution in [0.4, 0.5) is 13.2 Å². The Balaban J connectivity index is 3.25. The lowest BCUT2D eigenvalue weighted by molar-refractivity contribution is -0.163. The molecule has 19 heavy (non-hydrogen) atoms. The third-order valence-corrected chi connectivity index (χ3v) is 2.59. The zero-order valence-corrected chi connectivity index (χ0v) is 10.3. The number of alkyl halides is 3. The van der Waals surface area contributed by atoms with E-state index in [2.05, 4.69) is 0 Å². The second-order valence-electron chi connectivity index (χ2n) is 3.80. The minimum Gasteiger partial charge on any atom is -0.497 e. The monoisotopic (exact) mass is 278 g/mol. The van der Waals surface area contributed by atoms with E-state index in [0.29, 0.717) is 5.75 Å². The molecule has 1 aromatic rings. The molecule has 0 amide bonds. The number of methoxy groups -OCH3 is 2. The molecule has 1 unspecified atom stereocenters. The molecular formula is C12H13F3O4. The van der Waals surface area contributed by atoms with Gasteiger partial charge in [0.1, 0.15) is 11.5 Å². The highest BCUT2D eigenvalue weighted by Crippen LogP contribution is 2.42. The molecule has 0 aliphatic rings. The van der Waals surface area contributed by atoms with Crippen LogP contribution >= 0.6 is 0 Å². The fourth-order valence-electron chi connectivity index (χ4n) is 1.68. The lowest BCUT2D eigenvalue weighted by atomic mass is 9.94. The highest BCUT2D eigenvalue weighted by molar-refractivity contribution is 5.68. The molecule has 1 aromatic carbocycles. The van der Waals surface area contributed by atoms with E-state index in [1.54, 1.807) is 0 Å². The van der Waals surface area contributed by atoms with Gasteiger partial charge in [-0.1, -0.05) is 6.07 Å². The molecule has 0 aliphatic heterocycles. The number of rotatable bonds is 5. The number of hydrogen-bond acceptors (Lipinski definition) is 3. The Labute approximate surface area is 107 Å². The summed E-state index contributed by atoms with van der Waals surface area (Å²) in [5, 5.41) is 8.61. The van der Waals surface area contributed by atoms with Gasteiger partial charge in [0.2, 0.25) is 0 Å². The van der Waals surface area contributed by atoms with Crippen LogP contribution in [0.2, 0.25) is 0 Å². The molecule has 0 heterocycles. The molecule has 0 radical (unpaired) electrons. The first-order valence-electron chi connectivity index (χ1n) is 5.30. The van der Waals surface area contributed by atoms with Gasteiger partial charge in [-0.05, 0) is 6.07 Å². The van der Waals surface area contributed by atoms with Gasteiger partial charge in [0.15, 0.2) is 0 Å². The number of carboxylic acids is 1. The van der Waals surface area contributed by atoms with Crippen LogP contribution in [0.15, 0.2) is 18.2 Å². The van der Waals surface area contributed by atoms with Crippen molar-refractivity contribution in [2.45, 2.75) is 18.5 Å². The molecule has 0 saturated heterocycles. The summed E-state index contributed by atoms with van der Waals surface area (Å²) in [6.07, 6.45) is -5.72. The number of hydrogen-bond donors (Lipinski definition) is 1. The van der Waals surface area contributed by atoms with Gasteiger partial charge in [0.05, 0.1) is 26.6 Å². The first kappa shape index (κ1) is 15.1. The largest absolute Gasteiger partial charge is 0.497 e. The van der Waals surface area contributed by atoms with E-state index >= 15 is 0 Å². The highest BCUT2D eigenvalue weighted by Gasteiger charge is 2.43. The maximum absolute atomic E-state index is 12.9. The maximum Gasteiger partial charge on any atom is 0.396 e. The van der Waals surface area contributed by atoms with Crippen LogP contribution in [-0.2, 0) is 4.79 Å². The van der Waals surface area contributed by atoms with Gasteiger partial charge in [-0.15, -0.1) is 0 Å². The molecule has 0 bridgehead atoms. The van der Waals surface area contributed by atoms with Gasteiger partial charge in [-0.2, -0.15) is 13.2 Å². The minimum atomic E-state index is -4.67. The lowest BCUT2D eigenvalue weighted by Crippen LogP contribution is -2.24. The Kier molecular flexibility index (Phi) is 4.63. The zero-order valence-electron chi connectivity index (χ0n) is 10.3. The Hall–Kier alpha value is -1.92. The topological polar surface area (TPSA) is 55.8 Å². The number of ether oxygens (including phenoxy) is 2. The number of aliphatic carboxylic acids is 1. The summed E-state index contributed by atoms with van der Waals surface area (Å²) < 4.78 is 48.5. The fourth-order valence-corrected chi connectivity index (χ4v) is 1.68. The predicted octanol–water partition coefficient (Wildman–Crippen LogP) is 2.82. The number of carboxylic acid groups (broad SMARTS) is 1. The minimum absolute atomic E-state index is 0.0528. The van der Waals surface area contributed by atoms with Crippen LogP contribution < -0.4 is 9.47 Å². The average molecular weight is 278 g/mol. The van der Waals surface area contributed by atoms with E-state index in [9.17, 15) is 18.0 Å². The Bertz CT molecular complexity index is 457. The predicted molar refractivity (Wildman–Crippen MR) is 60.6 cm³/mol. The summed E-state index contributed by atoms with van der Waals surface area (Å²) in [6, 6.07) is 3.78. The molecule has 0 fully saturated rings. The van der Waals surface area contributed by atoms with Crippen LogP contribution in [-0.4, -0.2) is 31.5 Å². The van der Waals surface area contributed by atoms with Crippen LogP contribution in [0, 0.1) is 0 Å². The van der Waals surface area contributed by atoms with Crippen molar-refractivity contribution in [3.63, 3.8) is 0 Å². The normalized spacial score (nSPS) is 12.9. The summed E-state index contributed by atoms with van der Waals surface area (Å²) in [4.78, 5) is 10.6. The van der Waals surface area contributed by atoms with Gasteiger partial charge in [0, 0.05) is 11.6 Å². The van der Waals surface area contributed by atoms with Crippen LogP contribution in [0.25, 0.3) is 0 Å². The molecular weight excluding hydrogens is 265 g/mol. The van der Waals surface area contributed by atoms with Crippen LogP contribution in [0.1, 0.15) is 17.9 Å². The van der Waals surface area contributed by atoms with Gasteiger partial charge < -0.3 is 14.6 Å². The van der Waals surface area contributed by atoms with Crippen molar-refractivity contribution >= 4 is 5.97 Å². The van der Waals surface area contributed by atoms with E-state index in [-0.39, 0.29) is 11.3 Å². The summed E-state index contributed by atoms with van der Waals surface area (Å²) >= 11 is 0. The molecule has 1 N–H and O–H groups in total. The Morgan fingerprint density at radius 2 is 1.95 bits per heavy atom. The zero-order chi connectivity index (χ0) is 14.6. The van der Waals surface area contributed by atoms with E-state index in [0.717, 1.165) is 0 Å². The molecule has 0 saturated carbocycles. The standard InChI is InChI=1S/C12H13F3O4/c1-18-7-3-4-8(10(5-7)19-2)9(6-11(16)17)12(13,14)15/h3-5,9H,6H2,1-2H3,(H,16,17). The van der Waals surface area contributed by atoms with Crippen molar-refractivity contribution in [1.82, 2.24) is 0 Å². The van der Waals surface area contributed by atoms with Gasteiger partial charge in [0.25, 0.3) is 0 Å². The lowest BCUT2D eigenvalue weighted by Gasteiger charge is -2.21. The smallest absolute Gasteiger partial charge is 0.396 e. The first-order chi connectivity index (χ1) is 8.79. The average Bonchev–Trinajstić information content (AvgIpc) is 2.33. The molecule has 1 atom stereocenters. The molecule has 0 spiro atoms. The second-order valence-corrected chi connectivity index (χ2v) is 3.80. The Morgan fingerprint density at radius 1 is 1.32 bits per heavy atom. The van der Waals surface area contributed by atoms with Gasteiger partial charge in [-0.3, -0.25) is 4.79 Å². The SMILES string of the molecule is COc1ccc(C(CC(=O)O)C(F)(F)F)c(OC)c1. The summed E-state index contributed by atoms with van der Waals surface area (Å²) in [7, 11) is 2.58. The molecule has 0 aliphatic carbocycles. The van der Waals surface area contributed by atoms with Crippen molar-refractivity contribution in [1.29, 1.82) is 0 Å². The third kappa shape index (κ3) is 3.77.